The lowest BCUT2D eigenvalue weighted by molar-refractivity contribution is 0.0990. The number of rotatable bonds is 2. The molecule has 1 N–H and O–H groups in total. The molecule has 0 saturated carbocycles. The normalized spacial score (nSPS) is 24.0. The zero-order chi connectivity index (χ0) is 14.0. The van der Waals surface area contributed by atoms with Crippen molar-refractivity contribution >= 4 is 15.7 Å². The summed E-state index contributed by atoms with van der Waals surface area (Å²) >= 11 is 0. The fourth-order valence-corrected chi connectivity index (χ4v) is 4.71. The molecule has 0 aromatic heterocycles. The van der Waals surface area contributed by atoms with Crippen molar-refractivity contribution in [2.24, 2.45) is 0 Å². The van der Waals surface area contributed by atoms with Gasteiger partial charge in [0.25, 0.3) is 0 Å². The van der Waals surface area contributed by atoms with Crippen molar-refractivity contribution < 1.29 is 13.2 Å². The molecule has 3 rings (SSSR count). The van der Waals surface area contributed by atoms with Gasteiger partial charge in [0.1, 0.15) is 5.25 Å². The van der Waals surface area contributed by atoms with Gasteiger partial charge in [0.15, 0.2) is 0 Å². The van der Waals surface area contributed by atoms with Crippen molar-refractivity contribution in [1.29, 1.82) is 0 Å². The lowest BCUT2D eigenvalue weighted by Crippen LogP contribution is -2.44. The number of hydrogen-bond acceptors (Lipinski definition) is 4. The fraction of sp³-hybridized carbons (Fsp3) is 0.571. The third-order valence-corrected chi connectivity index (χ3v) is 6.12. The summed E-state index contributed by atoms with van der Waals surface area (Å²) in [7, 11) is -3.35. The number of sulfonamides is 1. The van der Waals surface area contributed by atoms with Crippen LogP contribution in [-0.2, 0) is 21.3 Å². The fourth-order valence-electron chi connectivity index (χ4n) is 2.82. The minimum absolute atomic E-state index is 0.314. The summed E-state index contributed by atoms with van der Waals surface area (Å²) in [6, 6.07) is 7.71. The van der Waals surface area contributed by atoms with Crippen LogP contribution >= 0.6 is 0 Å². The van der Waals surface area contributed by atoms with Crippen molar-refractivity contribution in [1.82, 2.24) is 5.32 Å². The summed E-state index contributed by atoms with van der Waals surface area (Å²) in [5.74, 6) is 0. The van der Waals surface area contributed by atoms with Crippen molar-refractivity contribution in [3.05, 3.63) is 29.8 Å². The van der Waals surface area contributed by atoms with E-state index in [2.05, 4.69) is 5.32 Å². The van der Waals surface area contributed by atoms with E-state index in [0.717, 1.165) is 17.7 Å². The Morgan fingerprint density at radius 2 is 2.15 bits per heavy atom. The van der Waals surface area contributed by atoms with E-state index >= 15 is 0 Å². The largest absolute Gasteiger partial charge is 0.380 e. The average Bonchev–Trinajstić information content (AvgIpc) is 2.71. The Kier molecular flexibility index (Phi) is 3.96. The van der Waals surface area contributed by atoms with Gasteiger partial charge in [-0.3, -0.25) is 4.31 Å². The molecule has 0 bridgehead atoms. The molecule has 2 heterocycles. The van der Waals surface area contributed by atoms with Crippen molar-refractivity contribution in [3.8, 4) is 0 Å². The number of nitrogens with one attached hydrogen (secondary N) is 1. The Morgan fingerprint density at radius 3 is 2.95 bits per heavy atom. The molecule has 0 spiro atoms. The van der Waals surface area contributed by atoms with E-state index in [4.69, 9.17) is 4.74 Å². The van der Waals surface area contributed by atoms with Gasteiger partial charge in [0, 0.05) is 26.2 Å². The predicted octanol–water partition coefficient (Wildman–Crippen LogP) is 1.10. The minimum atomic E-state index is -3.35. The molecular weight excluding hydrogens is 276 g/mol. The van der Waals surface area contributed by atoms with Gasteiger partial charge < -0.3 is 10.1 Å². The Labute approximate surface area is 120 Å². The molecule has 20 heavy (non-hydrogen) atoms. The Balaban J connectivity index is 1.96. The van der Waals surface area contributed by atoms with Crippen molar-refractivity contribution in [3.63, 3.8) is 0 Å². The summed E-state index contributed by atoms with van der Waals surface area (Å²) in [6.07, 6.45) is 1.51. The van der Waals surface area contributed by atoms with E-state index in [1.807, 2.05) is 24.3 Å². The number of para-hydroxylation sites is 1. The van der Waals surface area contributed by atoms with E-state index in [9.17, 15) is 8.42 Å². The molecule has 2 aliphatic heterocycles. The maximum absolute atomic E-state index is 12.9. The highest BCUT2D eigenvalue weighted by molar-refractivity contribution is 7.93. The van der Waals surface area contributed by atoms with E-state index in [0.29, 0.717) is 39.3 Å². The van der Waals surface area contributed by atoms with Crippen molar-refractivity contribution in [2.75, 3.05) is 30.6 Å². The molecule has 1 aromatic carbocycles. The van der Waals surface area contributed by atoms with E-state index in [-0.39, 0.29) is 0 Å². The van der Waals surface area contributed by atoms with Crippen LogP contribution < -0.4 is 9.62 Å². The van der Waals surface area contributed by atoms with Gasteiger partial charge in [0.2, 0.25) is 10.0 Å². The summed E-state index contributed by atoms with van der Waals surface area (Å²) in [4.78, 5) is 0. The van der Waals surface area contributed by atoms with Crippen LogP contribution in [0.25, 0.3) is 0 Å². The first-order chi connectivity index (χ1) is 9.69. The maximum atomic E-state index is 12.9. The standard InChI is InChI=1S/C14H20N2O3S/c17-20(18,13-5-3-9-19-11-13)16-8-7-15-10-12-4-1-2-6-14(12)16/h1-2,4,6,13,15H,3,5,7-11H2. The van der Waals surface area contributed by atoms with Crippen LogP contribution in [0.2, 0.25) is 0 Å². The van der Waals surface area contributed by atoms with Crippen LogP contribution in [0, 0.1) is 0 Å². The van der Waals surface area contributed by atoms with Crippen LogP contribution in [0.1, 0.15) is 18.4 Å². The lowest BCUT2D eigenvalue weighted by atomic mass is 10.2. The number of ether oxygens (including phenoxy) is 1. The Hall–Kier alpha value is -1.11. The molecule has 0 aliphatic carbocycles. The summed E-state index contributed by atoms with van der Waals surface area (Å²) in [5.41, 5.74) is 1.84. The molecule has 0 amide bonds. The van der Waals surface area contributed by atoms with Gasteiger partial charge >= 0.3 is 0 Å². The second kappa shape index (κ2) is 5.71. The van der Waals surface area contributed by atoms with Crippen molar-refractivity contribution in [2.45, 2.75) is 24.6 Å². The molecule has 1 unspecified atom stereocenters. The lowest BCUT2D eigenvalue weighted by Gasteiger charge is -2.30. The van der Waals surface area contributed by atoms with Gasteiger partial charge in [-0.05, 0) is 24.5 Å². The highest BCUT2D eigenvalue weighted by Gasteiger charge is 2.35. The third kappa shape index (κ3) is 2.55. The monoisotopic (exact) mass is 296 g/mol. The topological polar surface area (TPSA) is 58.6 Å². The Bertz CT molecular complexity index is 568. The number of fused-ring (bicyclic) bond motifs is 1. The molecule has 0 radical (unpaired) electrons. The molecule has 1 aromatic rings. The van der Waals surface area contributed by atoms with Gasteiger partial charge in [-0.25, -0.2) is 8.42 Å². The molecular formula is C14H20N2O3S. The number of benzene rings is 1. The van der Waals surface area contributed by atoms with E-state index in [1.165, 1.54) is 0 Å². The summed E-state index contributed by atoms with van der Waals surface area (Å²) in [5, 5.41) is 2.86. The van der Waals surface area contributed by atoms with Gasteiger partial charge in [0.05, 0.1) is 12.3 Å². The average molecular weight is 296 g/mol. The van der Waals surface area contributed by atoms with Crippen LogP contribution in [0.4, 0.5) is 5.69 Å². The predicted molar refractivity (Wildman–Crippen MR) is 78.3 cm³/mol. The minimum Gasteiger partial charge on any atom is -0.380 e. The highest BCUT2D eigenvalue weighted by atomic mass is 32.2. The number of hydrogen-bond donors (Lipinski definition) is 1. The van der Waals surface area contributed by atoms with E-state index in [1.54, 1.807) is 4.31 Å². The second-order valence-electron chi connectivity index (χ2n) is 5.26. The Morgan fingerprint density at radius 1 is 1.30 bits per heavy atom. The van der Waals surface area contributed by atoms with Crippen LogP contribution in [0.15, 0.2) is 24.3 Å². The third-order valence-electron chi connectivity index (χ3n) is 3.91. The van der Waals surface area contributed by atoms with Gasteiger partial charge in [-0.1, -0.05) is 18.2 Å². The first-order valence-corrected chi connectivity index (χ1v) is 8.58. The second-order valence-corrected chi connectivity index (χ2v) is 7.40. The molecule has 1 saturated heterocycles. The smallest absolute Gasteiger partial charge is 0.240 e. The molecule has 1 fully saturated rings. The number of nitrogens with zero attached hydrogens (tertiary/aromatic N) is 1. The molecule has 2 aliphatic rings. The van der Waals surface area contributed by atoms with E-state index < -0.39 is 15.3 Å². The zero-order valence-corrected chi connectivity index (χ0v) is 12.2. The summed E-state index contributed by atoms with van der Waals surface area (Å²) < 4.78 is 32.7. The maximum Gasteiger partial charge on any atom is 0.240 e. The van der Waals surface area contributed by atoms with Gasteiger partial charge in [-0.2, -0.15) is 0 Å². The quantitative estimate of drug-likeness (QED) is 0.888. The zero-order valence-electron chi connectivity index (χ0n) is 11.4. The van der Waals surface area contributed by atoms with Crippen LogP contribution in [-0.4, -0.2) is 40.0 Å². The van der Waals surface area contributed by atoms with Crippen LogP contribution in [0.5, 0.6) is 0 Å². The van der Waals surface area contributed by atoms with Crippen LogP contribution in [0.3, 0.4) is 0 Å². The first-order valence-electron chi connectivity index (χ1n) is 7.07. The highest BCUT2D eigenvalue weighted by Crippen LogP contribution is 2.28. The molecule has 110 valence electrons. The molecule has 5 nitrogen and oxygen atoms in total. The molecule has 6 heteroatoms. The van der Waals surface area contributed by atoms with Gasteiger partial charge in [-0.15, -0.1) is 0 Å². The summed E-state index contributed by atoms with van der Waals surface area (Å²) in [6.45, 7) is 2.85. The SMILES string of the molecule is O=S(=O)(C1CCCOC1)N1CCNCc2ccccc21. The molecule has 1 atom stereocenters. The number of anilines is 1. The first kappa shape index (κ1) is 13.9.